The van der Waals surface area contributed by atoms with Gasteiger partial charge in [0.15, 0.2) is 6.04 Å². The van der Waals surface area contributed by atoms with E-state index < -0.39 is 17.9 Å². The van der Waals surface area contributed by atoms with Crippen molar-refractivity contribution in [2.24, 2.45) is 0 Å². The van der Waals surface area contributed by atoms with Gasteiger partial charge in [0.05, 0.1) is 0 Å². The number of aryl methyl sites for hydroxylation is 1. The van der Waals surface area contributed by atoms with Crippen LogP contribution in [0.2, 0.25) is 0 Å². The molecule has 0 radical (unpaired) electrons. The van der Waals surface area contributed by atoms with E-state index in [9.17, 15) is 14.7 Å². The van der Waals surface area contributed by atoms with Gasteiger partial charge in [0.25, 0.3) is 5.91 Å². The number of hydrogen-bond donors (Lipinski definition) is 2. The molecule has 6 heteroatoms. The van der Waals surface area contributed by atoms with Gasteiger partial charge in [0.1, 0.15) is 5.69 Å². The molecule has 1 amide bonds. The van der Waals surface area contributed by atoms with Crippen LogP contribution in [0.3, 0.4) is 0 Å². The van der Waals surface area contributed by atoms with Gasteiger partial charge in [-0.1, -0.05) is 30.3 Å². The molecule has 1 aromatic heterocycles. The Morgan fingerprint density at radius 2 is 2.00 bits per heavy atom. The summed E-state index contributed by atoms with van der Waals surface area (Å²) in [5, 5.41) is 11.9. The fourth-order valence-corrected chi connectivity index (χ4v) is 2.53. The molecule has 2 N–H and O–H groups in total. The van der Waals surface area contributed by atoms with Gasteiger partial charge in [-0.3, -0.25) is 4.79 Å². The van der Waals surface area contributed by atoms with E-state index in [0.717, 1.165) is 4.47 Å². The number of aliphatic carboxylic acids is 1. The van der Waals surface area contributed by atoms with Crippen LogP contribution in [0.15, 0.2) is 47.1 Å². The first-order valence-corrected chi connectivity index (χ1v) is 7.26. The minimum atomic E-state index is -1.09. The van der Waals surface area contributed by atoms with Crippen LogP contribution in [0.1, 0.15) is 29.0 Å². The highest BCUT2D eigenvalue weighted by Gasteiger charge is 2.23. The lowest BCUT2D eigenvalue weighted by molar-refractivity contribution is -0.139. The second kappa shape index (κ2) is 6.58. The largest absolute Gasteiger partial charge is 0.479 e. The maximum Gasteiger partial charge on any atom is 0.330 e. The Balaban J connectivity index is 2.25. The van der Waals surface area contributed by atoms with Crippen LogP contribution >= 0.6 is 15.9 Å². The molecular weight excluding hydrogens is 336 g/mol. The minimum Gasteiger partial charge on any atom is -0.479 e. The van der Waals surface area contributed by atoms with Crippen LogP contribution in [0.5, 0.6) is 0 Å². The molecule has 1 atom stereocenters. The van der Waals surface area contributed by atoms with Gasteiger partial charge >= 0.3 is 5.97 Å². The second-order valence-electron chi connectivity index (χ2n) is 4.48. The quantitative estimate of drug-likeness (QED) is 0.870. The van der Waals surface area contributed by atoms with Gasteiger partial charge in [-0.25, -0.2) is 4.79 Å². The lowest BCUT2D eigenvalue weighted by Gasteiger charge is -2.15. The Labute approximate surface area is 130 Å². The number of carboxylic acid groups (broad SMARTS) is 1. The zero-order valence-electron chi connectivity index (χ0n) is 11.4. The molecule has 0 aliphatic carbocycles. The fourth-order valence-electron chi connectivity index (χ4n) is 2.06. The zero-order valence-corrected chi connectivity index (χ0v) is 13.0. The van der Waals surface area contributed by atoms with Crippen LogP contribution < -0.4 is 5.32 Å². The fraction of sp³-hybridized carbons (Fsp3) is 0.200. The summed E-state index contributed by atoms with van der Waals surface area (Å²) in [6.07, 6.45) is 1.78. The number of carbonyl (C=O) groups is 2. The number of nitrogens with one attached hydrogen (secondary N) is 1. The number of benzene rings is 1. The normalized spacial score (nSPS) is 11.9. The number of halogens is 1. The number of aromatic nitrogens is 1. The molecular formula is C15H15BrN2O3. The average Bonchev–Trinajstić information content (AvgIpc) is 2.86. The maximum atomic E-state index is 12.3. The van der Waals surface area contributed by atoms with Crippen molar-refractivity contribution in [1.29, 1.82) is 0 Å². The summed E-state index contributed by atoms with van der Waals surface area (Å²) in [5.74, 6) is -1.51. The Morgan fingerprint density at radius 3 is 2.57 bits per heavy atom. The number of rotatable bonds is 5. The van der Waals surface area contributed by atoms with Crippen molar-refractivity contribution < 1.29 is 14.7 Å². The SMILES string of the molecule is CCn1cc(Br)cc1C(=O)N[C@@H](C(=O)O)c1ccccc1. The molecule has 0 unspecified atom stereocenters. The van der Waals surface area contributed by atoms with Gasteiger partial charge in [-0.2, -0.15) is 0 Å². The highest BCUT2D eigenvalue weighted by Crippen LogP contribution is 2.17. The summed E-state index contributed by atoms with van der Waals surface area (Å²) in [7, 11) is 0. The molecule has 1 aromatic carbocycles. The number of nitrogens with zero attached hydrogens (tertiary/aromatic N) is 1. The van der Waals surface area contributed by atoms with Crippen molar-refractivity contribution in [2.45, 2.75) is 19.5 Å². The number of carboxylic acids is 1. The van der Waals surface area contributed by atoms with E-state index in [0.29, 0.717) is 17.8 Å². The van der Waals surface area contributed by atoms with E-state index in [1.54, 1.807) is 47.2 Å². The molecule has 0 aliphatic rings. The van der Waals surface area contributed by atoms with Crippen molar-refractivity contribution in [1.82, 2.24) is 9.88 Å². The highest BCUT2D eigenvalue weighted by atomic mass is 79.9. The van der Waals surface area contributed by atoms with E-state index in [1.807, 2.05) is 6.92 Å². The molecule has 0 bridgehead atoms. The predicted octanol–water partition coefficient (Wildman–Crippen LogP) is 2.83. The van der Waals surface area contributed by atoms with Crippen LogP contribution in [0.25, 0.3) is 0 Å². The molecule has 0 fully saturated rings. The Hall–Kier alpha value is -2.08. The lowest BCUT2D eigenvalue weighted by atomic mass is 10.1. The number of carbonyl (C=O) groups excluding carboxylic acids is 1. The summed E-state index contributed by atoms with van der Waals surface area (Å²) in [5.41, 5.74) is 0.957. The third kappa shape index (κ3) is 3.52. The molecule has 2 aromatic rings. The number of hydrogen-bond acceptors (Lipinski definition) is 2. The minimum absolute atomic E-state index is 0.418. The third-order valence-electron chi connectivity index (χ3n) is 3.09. The molecule has 110 valence electrons. The van der Waals surface area contributed by atoms with Crippen molar-refractivity contribution >= 4 is 27.8 Å². The monoisotopic (exact) mass is 350 g/mol. The maximum absolute atomic E-state index is 12.3. The van der Waals surface area contributed by atoms with Crippen molar-refractivity contribution in [3.8, 4) is 0 Å². The third-order valence-corrected chi connectivity index (χ3v) is 3.53. The zero-order chi connectivity index (χ0) is 15.4. The number of amides is 1. The van der Waals surface area contributed by atoms with Crippen molar-refractivity contribution in [3.63, 3.8) is 0 Å². The Morgan fingerprint density at radius 1 is 1.33 bits per heavy atom. The predicted molar refractivity (Wildman–Crippen MR) is 82.1 cm³/mol. The summed E-state index contributed by atoms with van der Waals surface area (Å²) < 4.78 is 2.53. The Kier molecular flexibility index (Phi) is 4.80. The topological polar surface area (TPSA) is 71.3 Å². The van der Waals surface area contributed by atoms with Gasteiger partial charge in [0, 0.05) is 17.2 Å². The van der Waals surface area contributed by atoms with Crippen LogP contribution in [-0.2, 0) is 11.3 Å². The molecule has 0 saturated carbocycles. The highest BCUT2D eigenvalue weighted by molar-refractivity contribution is 9.10. The first-order chi connectivity index (χ1) is 10.0. The standard InChI is InChI=1S/C15H15BrN2O3/c1-2-18-9-11(16)8-12(18)14(19)17-13(15(20)21)10-6-4-3-5-7-10/h3-9,13H,2H2,1H3,(H,17,19)(H,20,21)/t13-/m1/s1. The molecule has 0 aliphatic heterocycles. The van der Waals surface area contributed by atoms with Crippen LogP contribution in [0.4, 0.5) is 0 Å². The summed E-state index contributed by atoms with van der Waals surface area (Å²) >= 11 is 3.32. The van der Waals surface area contributed by atoms with E-state index >= 15 is 0 Å². The first-order valence-electron chi connectivity index (χ1n) is 6.47. The molecule has 5 nitrogen and oxygen atoms in total. The van der Waals surface area contributed by atoms with Crippen molar-refractivity contribution in [3.05, 3.63) is 58.3 Å². The molecule has 0 saturated heterocycles. The first kappa shape index (κ1) is 15.3. The second-order valence-corrected chi connectivity index (χ2v) is 5.40. The van der Waals surface area contributed by atoms with E-state index in [4.69, 9.17) is 0 Å². The summed E-state index contributed by atoms with van der Waals surface area (Å²) in [4.78, 5) is 23.7. The van der Waals surface area contributed by atoms with E-state index in [1.165, 1.54) is 0 Å². The van der Waals surface area contributed by atoms with Gasteiger partial charge < -0.3 is 15.0 Å². The average molecular weight is 351 g/mol. The van der Waals surface area contributed by atoms with Crippen molar-refractivity contribution in [2.75, 3.05) is 0 Å². The molecule has 2 rings (SSSR count). The summed E-state index contributed by atoms with van der Waals surface area (Å²) in [6.45, 7) is 2.53. The van der Waals surface area contributed by atoms with Gasteiger partial charge in [-0.05, 0) is 34.5 Å². The van der Waals surface area contributed by atoms with Crippen LogP contribution in [0, 0.1) is 0 Å². The molecule has 21 heavy (non-hydrogen) atoms. The van der Waals surface area contributed by atoms with Gasteiger partial charge in [0.2, 0.25) is 0 Å². The van der Waals surface area contributed by atoms with E-state index in [-0.39, 0.29) is 0 Å². The van der Waals surface area contributed by atoms with Gasteiger partial charge in [-0.15, -0.1) is 0 Å². The molecule has 0 spiro atoms. The smallest absolute Gasteiger partial charge is 0.330 e. The van der Waals surface area contributed by atoms with E-state index in [2.05, 4.69) is 21.2 Å². The van der Waals surface area contributed by atoms with Crippen LogP contribution in [-0.4, -0.2) is 21.6 Å². The Bertz CT molecular complexity index is 652. The molecule has 1 heterocycles. The lowest BCUT2D eigenvalue weighted by Crippen LogP contribution is -2.34. The summed E-state index contributed by atoms with van der Waals surface area (Å²) in [6, 6.07) is 9.22.